The summed E-state index contributed by atoms with van der Waals surface area (Å²) in [6, 6.07) is 5.75. The number of halogens is 1. The third-order valence-corrected chi connectivity index (χ3v) is 3.33. The van der Waals surface area contributed by atoms with Gasteiger partial charge in [-0.05, 0) is 30.3 Å². The third kappa shape index (κ3) is 2.77. The molecule has 94 valence electrons. The average molecular weight is 266 g/mol. The first-order valence-electron chi connectivity index (χ1n) is 5.27. The summed E-state index contributed by atoms with van der Waals surface area (Å²) < 4.78 is 13.7. The summed E-state index contributed by atoms with van der Waals surface area (Å²) in [5.74, 6) is -0.454. The van der Waals surface area contributed by atoms with E-state index in [0.717, 1.165) is 11.8 Å². The molecule has 1 aromatic carbocycles. The minimum absolute atomic E-state index is 0.266. The molecule has 0 radical (unpaired) electrons. The number of nitrogens with one attached hydrogen (secondary N) is 1. The highest BCUT2D eigenvalue weighted by Gasteiger charge is 2.14. The van der Waals surface area contributed by atoms with Crippen molar-refractivity contribution in [2.45, 2.75) is 23.1 Å². The molecule has 18 heavy (non-hydrogen) atoms. The van der Waals surface area contributed by atoms with E-state index in [0.29, 0.717) is 5.56 Å². The predicted octanol–water partition coefficient (Wildman–Crippen LogP) is 2.11. The Hall–Kier alpha value is -1.66. The lowest BCUT2D eigenvalue weighted by atomic mass is 10.1. The highest BCUT2D eigenvalue weighted by molar-refractivity contribution is 7.99. The van der Waals surface area contributed by atoms with Crippen LogP contribution in [0.25, 0.3) is 0 Å². The summed E-state index contributed by atoms with van der Waals surface area (Å²) in [5, 5.41) is 9.88. The molecule has 0 spiro atoms. The van der Waals surface area contributed by atoms with E-state index in [9.17, 15) is 14.3 Å². The van der Waals surface area contributed by atoms with Gasteiger partial charge in [-0.2, -0.15) is 0 Å². The Morgan fingerprint density at radius 2 is 2.22 bits per heavy atom. The maximum Gasteiger partial charge on any atom is 0.251 e. The molecule has 1 aromatic heterocycles. The standard InChI is InChI=1S/C12H11FN2O2S/c1-7(16)8-3-2-4-9(13)11(8)18-12-14-6-5-10(17)15-12/h2-7,16H,1H3,(H,14,15,17)/t7-/m1/s1. The fourth-order valence-electron chi connectivity index (χ4n) is 1.46. The lowest BCUT2D eigenvalue weighted by molar-refractivity contribution is 0.195. The molecule has 1 heterocycles. The predicted molar refractivity (Wildman–Crippen MR) is 66.0 cm³/mol. The van der Waals surface area contributed by atoms with Gasteiger partial charge in [0.1, 0.15) is 5.82 Å². The van der Waals surface area contributed by atoms with E-state index >= 15 is 0 Å². The minimum Gasteiger partial charge on any atom is -0.389 e. The zero-order valence-electron chi connectivity index (χ0n) is 9.55. The fraction of sp³-hybridized carbons (Fsp3) is 0.167. The zero-order chi connectivity index (χ0) is 13.1. The van der Waals surface area contributed by atoms with Crippen molar-refractivity contribution in [1.82, 2.24) is 9.97 Å². The minimum atomic E-state index is -0.793. The first kappa shape index (κ1) is 12.8. The van der Waals surface area contributed by atoms with E-state index in [4.69, 9.17) is 0 Å². The average Bonchev–Trinajstić information content (AvgIpc) is 2.31. The van der Waals surface area contributed by atoms with Gasteiger partial charge < -0.3 is 10.1 Å². The number of aliphatic hydroxyl groups is 1. The number of hydrogen-bond acceptors (Lipinski definition) is 4. The second-order valence-corrected chi connectivity index (χ2v) is 4.67. The van der Waals surface area contributed by atoms with Crippen LogP contribution in [0.5, 0.6) is 0 Å². The van der Waals surface area contributed by atoms with E-state index in [2.05, 4.69) is 9.97 Å². The summed E-state index contributed by atoms with van der Waals surface area (Å²) >= 11 is 0.982. The van der Waals surface area contributed by atoms with Gasteiger partial charge in [-0.15, -0.1) is 0 Å². The number of rotatable bonds is 3. The smallest absolute Gasteiger partial charge is 0.251 e. The molecule has 0 unspecified atom stereocenters. The van der Waals surface area contributed by atoms with Gasteiger partial charge in [0, 0.05) is 12.3 Å². The van der Waals surface area contributed by atoms with Crippen LogP contribution in [0, 0.1) is 5.82 Å². The molecule has 0 fully saturated rings. The quantitative estimate of drug-likeness (QED) is 0.835. The van der Waals surface area contributed by atoms with Crippen LogP contribution in [0.2, 0.25) is 0 Å². The van der Waals surface area contributed by atoms with Gasteiger partial charge in [-0.1, -0.05) is 12.1 Å². The van der Waals surface area contributed by atoms with Crippen molar-refractivity contribution in [1.29, 1.82) is 0 Å². The molecule has 0 aliphatic heterocycles. The van der Waals surface area contributed by atoms with Crippen molar-refractivity contribution >= 4 is 11.8 Å². The number of benzene rings is 1. The van der Waals surface area contributed by atoms with Crippen LogP contribution < -0.4 is 5.56 Å². The maximum atomic E-state index is 13.7. The molecule has 0 aliphatic carbocycles. The Morgan fingerprint density at radius 3 is 2.89 bits per heavy atom. The molecule has 4 nitrogen and oxygen atoms in total. The summed E-state index contributed by atoms with van der Waals surface area (Å²) in [6.45, 7) is 1.56. The van der Waals surface area contributed by atoms with Crippen molar-refractivity contribution in [2.75, 3.05) is 0 Å². The highest BCUT2D eigenvalue weighted by Crippen LogP contribution is 2.33. The van der Waals surface area contributed by atoms with Crippen molar-refractivity contribution in [3.63, 3.8) is 0 Å². The van der Waals surface area contributed by atoms with Crippen molar-refractivity contribution in [3.05, 3.63) is 52.2 Å². The largest absolute Gasteiger partial charge is 0.389 e. The van der Waals surface area contributed by atoms with E-state index in [-0.39, 0.29) is 15.6 Å². The first-order valence-corrected chi connectivity index (χ1v) is 6.09. The van der Waals surface area contributed by atoms with Crippen LogP contribution in [0.3, 0.4) is 0 Å². The zero-order valence-corrected chi connectivity index (χ0v) is 10.4. The number of aromatic nitrogens is 2. The second kappa shape index (κ2) is 5.32. The van der Waals surface area contributed by atoms with Gasteiger partial charge in [-0.25, -0.2) is 9.37 Å². The Bertz CT molecular complexity index is 613. The van der Waals surface area contributed by atoms with Crippen LogP contribution in [0.4, 0.5) is 4.39 Å². The SMILES string of the molecule is C[C@@H](O)c1cccc(F)c1Sc1nccc(=O)[nH]1. The molecule has 1 atom stereocenters. The molecule has 0 saturated carbocycles. The first-order chi connectivity index (χ1) is 8.58. The Labute approximate surface area is 107 Å². The maximum absolute atomic E-state index is 13.7. The van der Waals surface area contributed by atoms with Gasteiger partial charge >= 0.3 is 0 Å². The monoisotopic (exact) mass is 266 g/mol. The van der Waals surface area contributed by atoms with Crippen molar-refractivity contribution < 1.29 is 9.50 Å². The molecule has 2 aromatic rings. The van der Waals surface area contributed by atoms with Crippen LogP contribution in [-0.4, -0.2) is 15.1 Å². The summed E-state index contributed by atoms with van der Waals surface area (Å²) in [7, 11) is 0. The third-order valence-electron chi connectivity index (χ3n) is 2.29. The normalized spacial score (nSPS) is 12.4. The molecular weight excluding hydrogens is 255 g/mol. The molecule has 0 amide bonds. The number of H-pyrrole nitrogens is 1. The number of hydrogen-bond donors (Lipinski definition) is 2. The van der Waals surface area contributed by atoms with Crippen LogP contribution in [-0.2, 0) is 0 Å². The summed E-state index contributed by atoms with van der Waals surface area (Å²) in [4.78, 5) is 17.8. The van der Waals surface area contributed by atoms with E-state index < -0.39 is 11.9 Å². The van der Waals surface area contributed by atoms with E-state index in [1.165, 1.54) is 24.4 Å². The molecule has 0 bridgehead atoms. The topological polar surface area (TPSA) is 66.0 Å². The van der Waals surface area contributed by atoms with Gasteiger partial charge in [0.25, 0.3) is 5.56 Å². The summed E-state index contributed by atoms with van der Waals surface area (Å²) in [6.07, 6.45) is 0.558. The molecule has 0 saturated heterocycles. The van der Waals surface area contributed by atoms with Gasteiger partial charge in [0.15, 0.2) is 5.16 Å². The van der Waals surface area contributed by atoms with Crippen molar-refractivity contribution in [2.24, 2.45) is 0 Å². The fourth-order valence-corrected chi connectivity index (χ4v) is 2.44. The van der Waals surface area contributed by atoms with Crippen LogP contribution in [0.15, 0.2) is 45.3 Å². The summed E-state index contributed by atoms with van der Waals surface area (Å²) in [5.41, 5.74) is 0.161. The molecule has 6 heteroatoms. The molecule has 0 aliphatic rings. The Kier molecular flexibility index (Phi) is 3.78. The molecule has 2 rings (SSSR count). The van der Waals surface area contributed by atoms with Gasteiger partial charge in [0.05, 0.1) is 11.0 Å². The van der Waals surface area contributed by atoms with Gasteiger partial charge in [0.2, 0.25) is 0 Å². The molecular formula is C12H11FN2O2S. The van der Waals surface area contributed by atoms with E-state index in [1.807, 2.05) is 0 Å². The number of nitrogens with zero attached hydrogens (tertiary/aromatic N) is 1. The van der Waals surface area contributed by atoms with Crippen molar-refractivity contribution in [3.8, 4) is 0 Å². The Morgan fingerprint density at radius 1 is 1.44 bits per heavy atom. The molecule has 2 N–H and O–H groups in total. The highest BCUT2D eigenvalue weighted by atomic mass is 32.2. The van der Waals surface area contributed by atoms with E-state index in [1.54, 1.807) is 13.0 Å². The van der Waals surface area contributed by atoms with Crippen LogP contribution in [0.1, 0.15) is 18.6 Å². The lowest BCUT2D eigenvalue weighted by Gasteiger charge is -2.11. The van der Waals surface area contributed by atoms with Crippen LogP contribution >= 0.6 is 11.8 Å². The number of aromatic amines is 1. The lowest BCUT2D eigenvalue weighted by Crippen LogP contribution is -2.06. The van der Waals surface area contributed by atoms with Gasteiger partial charge in [-0.3, -0.25) is 4.79 Å². The second-order valence-electron chi connectivity index (χ2n) is 3.68. The Balaban J connectivity index is 2.42. The number of aliphatic hydroxyl groups excluding tert-OH is 1.